The van der Waals surface area contributed by atoms with E-state index in [0.29, 0.717) is 23.2 Å². The fourth-order valence-electron chi connectivity index (χ4n) is 7.88. The van der Waals surface area contributed by atoms with Gasteiger partial charge in [-0.05, 0) is 79.7 Å². The Bertz CT molecular complexity index is 1060. The molecule has 158 valence electrons. The zero-order chi connectivity index (χ0) is 20.7. The number of hydrogen-bond acceptors (Lipinski definition) is 2. The maximum atomic E-state index is 11.7. The van der Waals surface area contributed by atoms with Crippen molar-refractivity contribution in [2.45, 2.75) is 65.4 Å². The second kappa shape index (κ2) is 6.32. The molecule has 0 radical (unpaired) electrons. The molecule has 0 amide bonds. The number of imidazole rings is 1. The van der Waals surface area contributed by atoms with Crippen molar-refractivity contribution in [3.63, 3.8) is 0 Å². The number of allylic oxidation sites excluding steroid dienone is 3. The standard InChI is InChI=1S/C27H34N2O/c1-17-12-13-26(2)18(14-17)8-9-19-20-10-11-24(27(20,3)25(30)15-21(19)26)29-16-28-22-6-4-5-7-23(22)29/h4-8,11,16-17,19-21,25,30H,9-10,12-15H2,1-3H3/t17-,19?,20?,21?,25?,26?,27?/m0/s1. The van der Waals surface area contributed by atoms with Gasteiger partial charge in [-0.15, -0.1) is 0 Å². The normalized spacial score (nSPS) is 42.9. The lowest BCUT2D eigenvalue weighted by atomic mass is 9.46. The van der Waals surface area contributed by atoms with E-state index < -0.39 is 0 Å². The smallest absolute Gasteiger partial charge is 0.100 e. The van der Waals surface area contributed by atoms with Crippen LogP contribution < -0.4 is 0 Å². The third-order valence-corrected chi connectivity index (χ3v) is 9.72. The van der Waals surface area contributed by atoms with Gasteiger partial charge in [0.05, 0.1) is 17.1 Å². The number of aliphatic hydroxyl groups excluding tert-OH is 1. The summed E-state index contributed by atoms with van der Waals surface area (Å²) in [5.74, 6) is 2.61. The van der Waals surface area contributed by atoms with E-state index >= 15 is 0 Å². The highest BCUT2D eigenvalue weighted by atomic mass is 16.3. The van der Waals surface area contributed by atoms with Gasteiger partial charge in [-0.3, -0.25) is 0 Å². The minimum atomic E-state index is -0.297. The van der Waals surface area contributed by atoms with Crippen molar-refractivity contribution in [3.8, 4) is 0 Å². The van der Waals surface area contributed by atoms with Crippen LogP contribution in [-0.2, 0) is 0 Å². The van der Waals surface area contributed by atoms with Crippen molar-refractivity contribution in [3.05, 3.63) is 48.3 Å². The SMILES string of the molecule is C[C@H]1CCC2(C)C(=CCC3C2CC(O)C2(C)C(n4cnc5ccccc54)=CCC32)C1. The second-order valence-electron chi connectivity index (χ2n) is 11.1. The Morgan fingerprint density at radius 1 is 1.10 bits per heavy atom. The molecule has 30 heavy (non-hydrogen) atoms. The predicted molar refractivity (Wildman–Crippen MR) is 122 cm³/mol. The zero-order valence-corrected chi connectivity index (χ0v) is 18.5. The second-order valence-corrected chi connectivity index (χ2v) is 11.1. The third kappa shape index (κ3) is 2.33. The van der Waals surface area contributed by atoms with Crippen LogP contribution in [0.1, 0.15) is 59.3 Å². The number of fused-ring (bicyclic) bond motifs is 6. The molecule has 2 fully saturated rings. The van der Waals surface area contributed by atoms with Crippen LogP contribution in [0.15, 0.2) is 48.3 Å². The summed E-state index contributed by atoms with van der Waals surface area (Å²) in [5.41, 5.74) is 5.24. The number of para-hydroxylation sites is 2. The van der Waals surface area contributed by atoms with Crippen LogP contribution in [0.2, 0.25) is 0 Å². The van der Waals surface area contributed by atoms with Gasteiger partial charge < -0.3 is 9.67 Å². The first-order valence-electron chi connectivity index (χ1n) is 11.9. The Hall–Kier alpha value is -1.87. The van der Waals surface area contributed by atoms with Gasteiger partial charge in [0.15, 0.2) is 0 Å². The molecule has 7 atom stereocenters. The van der Waals surface area contributed by atoms with Gasteiger partial charge in [-0.1, -0.05) is 50.6 Å². The van der Waals surface area contributed by atoms with Crippen molar-refractivity contribution < 1.29 is 5.11 Å². The van der Waals surface area contributed by atoms with E-state index in [-0.39, 0.29) is 11.5 Å². The fraction of sp³-hybridized carbons (Fsp3) is 0.593. The van der Waals surface area contributed by atoms with Crippen LogP contribution in [-0.4, -0.2) is 20.8 Å². The van der Waals surface area contributed by atoms with Gasteiger partial charge >= 0.3 is 0 Å². The van der Waals surface area contributed by atoms with Crippen molar-refractivity contribution in [2.24, 2.45) is 34.5 Å². The lowest BCUT2D eigenvalue weighted by molar-refractivity contribution is -0.0940. The molecule has 3 nitrogen and oxygen atoms in total. The van der Waals surface area contributed by atoms with Crippen LogP contribution in [0.3, 0.4) is 0 Å². The summed E-state index contributed by atoms with van der Waals surface area (Å²) >= 11 is 0. The van der Waals surface area contributed by atoms with Gasteiger partial charge in [-0.2, -0.15) is 0 Å². The first kappa shape index (κ1) is 18.9. The molecule has 6 unspecified atom stereocenters. The molecule has 2 saturated carbocycles. The van der Waals surface area contributed by atoms with E-state index in [1.54, 1.807) is 5.57 Å². The van der Waals surface area contributed by atoms with Gasteiger partial charge in [-0.25, -0.2) is 4.98 Å². The molecule has 1 aromatic carbocycles. The third-order valence-electron chi connectivity index (χ3n) is 9.72. The molecule has 4 aliphatic carbocycles. The van der Waals surface area contributed by atoms with Crippen LogP contribution in [0.25, 0.3) is 16.7 Å². The molecule has 1 aromatic heterocycles. The molecule has 4 aliphatic rings. The maximum absolute atomic E-state index is 11.7. The van der Waals surface area contributed by atoms with Crippen LogP contribution in [0.5, 0.6) is 0 Å². The van der Waals surface area contributed by atoms with Gasteiger partial charge in [0, 0.05) is 11.1 Å². The van der Waals surface area contributed by atoms with Crippen molar-refractivity contribution >= 4 is 16.7 Å². The molecule has 3 heteroatoms. The molecule has 1 heterocycles. The summed E-state index contributed by atoms with van der Waals surface area (Å²) in [6, 6.07) is 8.36. The number of nitrogens with zero attached hydrogens (tertiary/aromatic N) is 2. The average molecular weight is 403 g/mol. The molecule has 0 saturated heterocycles. The topological polar surface area (TPSA) is 38.0 Å². The molecule has 0 spiro atoms. The Kier molecular flexibility index (Phi) is 3.98. The number of benzene rings is 1. The lowest BCUT2D eigenvalue weighted by Gasteiger charge is -2.59. The van der Waals surface area contributed by atoms with Gasteiger partial charge in [0.1, 0.15) is 6.33 Å². The van der Waals surface area contributed by atoms with Crippen LogP contribution in [0, 0.1) is 34.5 Å². The summed E-state index contributed by atoms with van der Waals surface area (Å²) in [5, 5.41) is 11.7. The summed E-state index contributed by atoms with van der Waals surface area (Å²) in [6.45, 7) is 7.25. The summed E-state index contributed by atoms with van der Waals surface area (Å²) in [4.78, 5) is 4.64. The highest BCUT2D eigenvalue weighted by molar-refractivity contribution is 5.80. The molecular weight excluding hydrogens is 368 g/mol. The molecular formula is C27H34N2O. The summed E-state index contributed by atoms with van der Waals surface area (Å²) in [6.07, 6.45) is 13.8. The largest absolute Gasteiger partial charge is 0.392 e. The van der Waals surface area contributed by atoms with E-state index in [0.717, 1.165) is 29.8 Å². The first-order chi connectivity index (χ1) is 14.4. The van der Waals surface area contributed by atoms with Crippen LogP contribution >= 0.6 is 0 Å². The minimum absolute atomic E-state index is 0.200. The van der Waals surface area contributed by atoms with Crippen molar-refractivity contribution in [2.75, 3.05) is 0 Å². The van der Waals surface area contributed by atoms with E-state index in [1.807, 2.05) is 12.4 Å². The lowest BCUT2D eigenvalue weighted by Crippen LogP contribution is -2.55. The average Bonchev–Trinajstić information content (AvgIpc) is 3.31. The van der Waals surface area contributed by atoms with E-state index in [1.165, 1.54) is 31.4 Å². The Morgan fingerprint density at radius 2 is 1.93 bits per heavy atom. The summed E-state index contributed by atoms with van der Waals surface area (Å²) < 4.78 is 2.26. The summed E-state index contributed by atoms with van der Waals surface area (Å²) in [7, 11) is 0. The van der Waals surface area contributed by atoms with E-state index in [9.17, 15) is 5.11 Å². The minimum Gasteiger partial charge on any atom is -0.392 e. The molecule has 1 N–H and O–H groups in total. The molecule has 6 rings (SSSR count). The van der Waals surface area contributed by atoms with Crippen molar-refractivity contribution in [1.82, 2.24) is 9.55 Å². The highest BCUT2D eigenvalue weighted by Crippen LogP contribution is 2.66. The highest BCUT2D eigenvalue weighted by Gasteiger charge is 2.60. The molecule has 0 bridgehead atoms. The quantitative estimate of drug-likeness (QED) is 0.589. The van der Waals surface area contributed by atoms with Crippen LogP contribution in [0.4, 0.5) is 0 Å². The first-order valence-corrected chi connectivity index (χ1v) is 11.9. The number of aliphatic hydroxyl groups is 1. The van der Waals surface area contributed by atoms with Gasteiger partial charge in [0.25, 0.3) is 0 Å². The Balaban J connectivity index is 1.40. The fourth-order valence-corrected chi connectivity index (χ4v) is 7.88. The monoisotopic (exact) mass is 402 g/mol. The zero-order valence-electron chi connectivity index (χ0n) is 18.5. The number of rotatable bonds is 1. The Morgan fingerprint density at radius 3 is 2.80 bits per heavy atom. The van der Waals surface area contributed by atoms with E-state index in [4.69, 9.17) is 0 Å². The molecule has 2 aromatic rings. The number of aromatic nitrogens is 2. The Labute approximate surface area is 179 Å². The maximum Gasteiger partial charge on any atom is 0.100 e. The predicted octanol–water partition coefficient (Wildman–Crippen LogP) is 6.06. The van der Waals surface area contributed by atoms with E-state index in [2.05, 4.69) is 60.7 Å². The van der Waals surface area contributed by atoms with Gasteiger partial charge in [0.2, 0.25) is 0 Å². The molecule has 0 aliphatic heterocycles. The number of hydrogen-bond donors (Lipinski definition) is 1. The van der Waals surface area contributed by atoms with Crippen molar-refractivity contribution in [1.29, 1.82) is 0 Å².